The molecule has 0 bridgehead atoms. The highest BCUT2D eigenvalue weighted by Crippen LogP contribution is 2.26. The lowest BCUT2D eigenvalue weighted by Gasteiger charge is -2.20. The Morgan fingerprint density at radius 2 is 1.95 bits per heavy atom. The second-order valence-electron chi connectivity index (χ2n) is 10.3. The van der Waals surface area contributed by atoms with E-state index in [2.05, 4.69) is 20.9 Å². The Morgan fingerprint density at radius 3 is 2.65 bits per heavy atom. The Kier molecular flexibility index (Phi) is 6.17. The van der Waals surface area contributed by atoms with Gasteiger partial charge < -0.3 is 9.30 Å². The fraction of sp³-hybridized carbons (Fsp3) is 0.370. The number of nitrogens with zero attached hydrogens (tertiary/aromatic N) is 7. The van der Waals surface area contributed by atoms with Gasteiger partial charge in [0.05, 0.1) is 41.6 Å². The molecule has 1 fully saturated rings. The van der Waals surface area contributed by atoms with E-state index in [1.807, 2.05) is 40.0 Å². The highest BCUT2D eigenvalue weighted by atomic mass is 16.6. The lowest BCUT2D eigenvalue weighted by atomic mass is 10.2. The first-order valence-electron chi connectivity index (χ1n) is 12.2. The average molecular weight is 500 g/mol. The number of hydrogen-bond donors (Lipinski definition) is 0. The minimum atomic E-state index is -0.581. The lowest BCUT2D eigenvalue weighted by molar-refractivity contribution is 0.00584. The predicted molar refractivity (Wildman–Crippen MR) is 137 cm³/mol. The maximum absolute atomic E-state index is 13.7. The van der Waals surface area contributed by atoms with E-state index in [0.29, 0.717) is 35.7 Å². The fourth-order valence-electron chi connectivity index (χ4n) is 4.80. The fourth-order valence-corrected chi connectivity index (χ4v) is 4.80. The molecule has 37 heavy (non-hydrogen) atoms. The summed E-state index contributed by atoms with van der Waals surface area (Å²) in [5.74, 6) is 0.355. The second-order valence-corrected chi connectivity index (χ2v) is 10.3. The number of benzene rings is 1. The van der Waals surface area contributed by atoms with Crippen LogP contribution in [0.15, 0.2) is 53.6 Å². The van der Waals surface area contributed by atoms with Crippen LogP contribution in [-0.4, -0.2) is 53.2 Å². The molecule has 1 saturated heterocycles. The standard InChI is InChI=1S/C27H29N7O3/c1-27(2,3)37-25(35)22-15-30-23(31(22)4)17-32-13-11-20(16-32)34-24-21(6-5-12-29-24)33(26(34)36)19-9-7-18(14-28)8-10-19/h5-10,12,15,20H,11,13,16-17H2,1-4H3. The summed E-state index contributed by atoms with van der Waals surface area (Å²) in [7, 11) is 1.81. The normalized spacial score (nSPS) is 16.2. The van der Waals surface area contributed by atoms with Gasteiger partial charge in [0.1, 0.15) is 17.1 Å². The van der Waals surface area contributed by atoms with Gasteiger partial charge >= 0.3 is 11.7 Å². The average Bonchev–Trinajstić information content (AvgIpc) is 3.54. The number of hydrogen-bond acceptors (Lipinski definition) is 7. The Hall–Kier alpha value is -4.23. The number of carbonyl (C=O) groups excluding carboxylic acids is 1. The van der Waals surface area contributed by atoms with Gasteiger partial charge in [-0.3, -0.25) is 14.0 Å². The monoisotopic (exact) mass is 499 g/mol. The van der Waals surface area contributed by atoms with Gasteiger partial charge in [0.25, 0.3) is 0 Å². The van der Waals surface area contributed by atoms with Crippen molar-refractivity contribution in [1.29, 1.82) is 5.26 Å². The van der Waals surface area contributed by atoms with Crippen molar-refractivity contribution in [2.75, 3.05) is 13.1 Å². The van der Waals surface area contributed by atoms with Gasteiger partial charge in [-0.2, -0.15) is 5.26 Å². The third kappa shape index (κ3) is 4.66. The van der Waals surface area contributed by atoms with E-state index in [9.17, 15) is 9.59 Å². The van der Waals surface area contributed by atoms with Crippen molar-refractivity contribution in [2.24, 2.45) is 7.05 Å². The molecule has 0 amide bonds. The molecule has 0 N–H and O–H groups in total. The van der Waals surface area contributed by atoms with Crippen LogP contribution in [0.2, 0.25) is 0 Å². The molecule has 4 heterocycles. The number of imidazole rings is 2. The molecule has 0 spiro atoms. The number of fused-ring (bicyclic) bond motifs is 1. The molecule has 4 aromatic rings. The van der Waals surface area contributed by atoms with Crippen molar-refractivity contribution >= 4 is 17.1 Å². The lowest BCUT2D eigenvalue weighted by Crippen LogP contribution is -2.29. The third-order valence-electron chi connectivity index (χ3n) is 6.56. The zero-order valence-corrected chi connectivity index (χ0v) is 21.4. The van der Waals surface area contributed by atoms with E-state index in [4.69, 9.17) is 10.00 Å². The van der Waals surface area contributed by atoms with E-state index < -0.39 is 11.6 Å². The summed E-state index contributed by atoms with van der Waals surface area (Å²) in [4.78, 5) is 37.4. The molecule has 3 aromatic heterocycles. The molecule has 0 aliphatic carbocycles. The molecule has 1 aliphatic heterocycles. The Morgan fingerprint density at radius 1 is 1.19 bits per heavy atom. The van der Waals surface area contributed by atoms with Crippen molar-refractivity contribution in [3.63, 3.8) is 0 Å². The smallest absolute Gasteiger partial charge is 0.357 e. The number of ether oxygens (including phenoxy) is 1. The summed E-state index contributed by atoms with van der Waals surface area (Å²) in [6.07, 6.45) is 4.03. The quantitative estimate of drug-likeness (QED) is 0.388. The molecule has 190 valence electrons. The van der Waals surface area contributed by atoms with Gasteiger partial charge in [0.15, 0.2) is 5.65 Å². The van der Waals surface area contributed by atoms with Crippen LogP contribution < -0.4 is 5.69 Å². The van der Waals surface area contributed by atoms with Crippen molar-refractivity contribution in [1.82, 2.24) is 28.6 Å². The zero-order valence-electron chi connectivity index (χ0n) is 21.4. The van der Waals surface area contributed by atoms with Crippen LogP contribution in [0.25, 0.3) is 16.9 Å². The number of nitriles is 1. The van der Waals surface area contributed by atoms with E-state index in [-0.39, 0.29) is 11.7 Å². The molecule has 1 unspecified atom stereocenters. The van der Waals surface area contributed by atoms with E-state index in [0.717, 1.165) is 24.3 Å². The summed E-state index contributed by atoms with van der Waals surface area (Å²) in [6.45, 7) is 7.48. The number of esters is 1. The molecule has 1 aromatic carbocycles. The van der Waals surface area contributed by atoms with Gasteiger partial charge in [0, 0.05) is 26.3 Å². The molecular weight excluding hydrogens is 470 g/mol. The number of likely N-dealkylation sites (tertiary alicyclic amines) is 1. The Bertz CT molecular complexity index is 1560. The number of rotatable bonds is 5. The van der Waals surface area contributed by atoms with E-state index in [1.165, 1.54) is 0 Å². The highest BCUT2D eigenvalue weighted by Gasteiger charge is 2.30. The molecule has 10 heteroatoms. The van der Waals surface area contributed by atoms with Gasteiger partial charge in [-0.25, -0.2) is 19.6 Å². The van der Waals surface area contributed by atoms with E-state index >= 15 is 0 Å². The summed E-state index contributed by atoms with van der Waals surface area (Å²) < 4.78 is 10.7. The minimum Gasteiger partial charge on any atom is -0.455 e. The molecule has 1 atom stereocenters. The third-order valence-corrected chi connectivity index (χ3v) is 6.56. The van der Waals surface area contributed by atoms with Crippen molar-refractivity contribution in [3.8, 4) is 11.8 Å². The summed E-state index contributed by atoms with van der Waals surface area (Å²) in [5, 5.41) is 9.13. The van der Waals surface area contributed by atoms with Crippen LogP contribution in [0.5, 0.6) is 0 Å². The SMILES string of the molecule is Cn1c(C(=O)OC(C)(C)C)cnc1CN1CCC(n2c(=O)n(-c3ccc(C#N)cc3)c3cccnc32)C1. The Balaban J connectivity index is 1.40. The topological polar surface area (TPSA) is 111 Å². The summed E-state index contributed by atoms with van der Waals surface area (Å²) >= 11 is 0. The van der Waals surface area contributed by atoms with Gasteiger partial charge in [-0.05, 0) is 63.6 Å². The first-order chi connectivity index (χ1) is 17.7. The van der Waals surface area contributed by atoms with Crippen LogP contribution in [0.3, 0.4) is 0 Å². The maximum atomic E-state index is 13.7. The molecule has 10 nitrogen and oxygen atoms in total. The van der Waals surface area contributed by atoms with Crippen LogP contribution in [0.1, 0.15) is 55.1 Å². The molecule has 1 aliphatic rings. The van der Waals surface area contributed by atoms with Crippen LogP contribution in [0.4, 0.5) is 0 Å². The molecule has 5 rings (SSSR count). The molecule has 0 saturated carbocycles. The molecule has 0 radical (unpaired) electrons. The van der Waals surface area contributed by atoms with Crippen molar-refractivity contribution < 1.29 is 9.53 Å². The largest absolute Gasteiger partial charge is 0.455 e. The van der Waals surface area contributed by atoms with Crippen molar-refractivity contribution in [2.45, 2.75) is 45.4 Å². The zero-order chi connectivity index (χ0) is 26.3. The summed E-state index contributed by atoms with van der Waals surface area (Å²) in [5.41, 5.74) is 2.25. The van der Waals surface area contributed by atoms with Crippen molar-refractivity contribution in [3.05, 3.63) is 76.4 Å². The van der Waals surface area contributed by atoms with Gasteiger partial charge in [0.2, 0.25) is 0 Å². The Labute approximate surface area is 214 Å². The maximum Gasteiger partial charge on any atom is 0.357 e. The predicted octanol–water partition coefficient (Wildman–Crippen LogP) is 3.19. The van der Waals surface area contributed by atoms with E-state index in [1.54, 1.807) is 50.4 Å². The first-order valence-corrected chi connectivity index (χ1v) is 12.2. The van der Waals surface area contributed by atoms with Crippen LogP contribution in [0, 0.1) is 11.3 Å². The molecular formula is C27H29N7O3. The summed E-state index contributed by atoms with van der Waals surface area (Å²) in [6, 6.07) is 12.7. The minimum absolute atomic E-state index is 0.0601. The highest BCUT2D eigenvalue weighted by molar-refractivity contribution is 5.87. The number of carbonyl (C=O) groups is 1. The first kappa shape index (κ1) is 24.5. The second kappa shape index (κ2) is 9.33. The number of pyridine rings is 1. The van der Waals surface area contributed by atoms with Gasteiger partial charge in [-0.15, -0.1) is 0 Å². The van der Waals surface area contributed by atoms with Crippen LogP contribution >= 0.6 is 0 Å². The number of aromatic nitrogens is 5. The van der Waals surface area contributed by atoms with Gasteiger partial charge in [-0.1, -0.05) is 0 Å². The van der Waals surface area contributed by atoms with Crippen LogP contribution in [-0.2, 0) is 18.3 Å².